The van der Waals surface area contributed by atoms with E-state index in [0.29, 0.717) is 0 Å². The lowest BCUT2D eigenvalue weighted by molar-refractivity contribution is 1.30. The third kappa shape index (κ3) is 3.34. The predicted molar refractivity (Wildman–Crippen MR) is 150 cm³/mol. The van der Waals surface area contributed by atoms with Crippen LogP contribution in [0.2, 0.25) is 0 Å². The van der Waals surface area contributed by atoms with E-state index in [0.717, 1.165) is 22.6 Å². The maximum atomic E-state index is 3.58. The number of aryl methyl sites for hydroxylation is 1. The molecule has 1 N–H and O–H groups in total. The molecule has 0 radical (unpaired) electrons. The van der Waals surface area contributed by atoms with E-state index in [9.17, 15) is 0 Å². The van der Waals surface area contributed by atoms with Crippen molar-refractivity contribution in [2.24, 2.45) is 0 Å². The minimum absolute atomic E-state index is 1.14. The summed E-state index contributed by atoms with van der Waals surface area (Å²) in [5, 5.41) is 7.47. The second-order valence-electron chi connectivity index (χ2n) is 9.30. The molecule has 0 saturated heterocycles. The fourth-order valence-electron chi connectivity index (χ4n) is 5.22. The molecule has 1 aromatic heterocycles. The third-order valence-corrected chi connectivity index (χ3v) is 6.98. The van der Waals surface area contributed by atoms with Gasteiger partial charge in [-0.2, -0.15) is 0 Å². The van der Waals surface area contributed by atoms with Crippen LogP contribution in [-0.4, -0.2) is 4.98 Å². The molecule has 2 nitrogen and oxygen atoms in total. The maximum absolute atomic E-state index is 3.58. The number of nitrogens with zero attached hydrogens (tertiary/aromatic N) is 1. The minimum Gasteiger partial charge on any atom is -0.355 e. The molecule has 0 aliphatic heterocycles. The normalized spacial score (nSPS) is 11.6. The van der Waals surface area contributed by atoms with Gasteiger partial charge in [0.15, 0.2) is 0 Å². The maximum Gasteiger partial charge on any atom is 0.0469 e. The number of H-pyrrole nitrogens is 1. The van der Waals surface area contributed by atoms with Crippen molar-refractivity contribution in [2.45, 2.75) is 6.92 Å². The summed E-state index contributed by atoms with van der Waals surface area (Å²) in [7, 11) is 0. The van der Waals surface area contributed by atoms with E-state index in [-0.39, 0.29) is 0 Å². The second kappa shape index (κ2) is 7.75. The first-order valence-corrected chi connectivity index (χ1v) is 12.0. The summed E-state index contributed by atoms with van der Waals surface area (Å²) in [6.45, 7) is 2.15. The van der Waals surface area contributed by atoms with Crippen LogP contribution in [0.1, 0.15) is 5.56 Å². The number of hydrogen-bond acceptors (Lipinski definition) is 1. The van der Waals surface area contributed by atoms with E-state index in [1.807, 2.05) is 0 Å². The van der Waals surface area contributed by atoms with Crippen LogP contribution in [0.5, 0.6) is 0 Å². The van der Waals surface area contributed by atoms with Gasteiger partial charge in [-0.05, 0) is 83.1 Å². The van der Waals surface area contributed by atoms with Gasteiger partial charge < -0.3 is 9.88 Å². The summed E-state index contributed by atoms with van der Waals surface area (Å²) in [6, 6.07) is 43.9. The number of aromatic nitrogens is 1. The van der Waals surface area contributed by atoms with Gasteiger partial charge in [0.2, 0.25) is 0 Å². The van der Waals surface area contributed by atoms with E-state index in [1.165, 1.54) is 43.4 Å². The fourth-order valence-corrected chi connectivity index (χ4v) is 5.22. The highest BCUT2D eigenvalue weighted by Gasteiger charge is 2.15. The zero-order valence-electron chi connectivity index (χ0n) is 19.5. The summed E-state index contributed by atoms with van der Waals surface area (Å²) in [6.07, 6.45) is 0. The molecular weight excluding hydrogens is 424 g/mol. The summed E-state index contributed by atoms with van der Waals surface area (Å²) in [5.74, 6) is 0. The molecule has 7 aromatic rings. The topological polar surface area (TPSA) is 19.0 Å². The van der Waals surface area contributed by atoms with Crippen molar-refractivity contribution in [1.82, 2.24) is 4.98 Å². The Morgan fingerprint density at radius 3 is 1.57 bits per heavy atom. The van der Waals surface area contributed by atoms with E-state index in [2.05, 4.69) is 138 Å². The molecule has 0 spiro atoms. The molecule has 0 saturated carbocycles. The van der Waals surface area contributed by atoms with Gasteiger partial charge in [0, 0.05) is 38.9 Å². The van der Waals surface area contributed by atoms with Crippen LogP contribution in [0.3, 0.4) is 0 Å². The lowest BCUT2D eigenvalue weighted by Gasteiger charge is -2.26. The van der Waals surface area contributed by atoms with Crippen LogP contribution in [0.15, 0.2) is 121 Å². The zero-order chi connectivity index (χ0) is 23.4. The quantitative estimate of drug-likeness (QED) is 0.285. The number of rotatable bonds is 3. The van der Waals surface area contributed by atoms with E-state index >= 15 is 0 Å². The Morgan fingerprint density at radius 2 is 0.943 bits per heavy atom. The highest BCUT2D eigenvalue weighted by Crippen LogP contribution is 2.39. The molecule has 166 valence electrons. The molecule has 0 fully saturated rings. The van der Waals surface area contributed by atoms with Crippen molar-refractivity contribution >= 4 is 60.4 Å². The van der Waals surface area contributed by atoms with E-state index in [1.54, 1.807) is 0 Å². The number of nitrogens with one attached hydrogen (secondary N) is 1. The summed E-state index contributed by atoms with van der Waals surface area (Å²) in [4.78, 5) is 5.95. The Bertz CT molecular complexity index is 1800. The molecule has 0 unspecified atom stereocenters. The van der Waals surface area contributed by atoms with Gasteiger partial charge in [-0.25, -0.2) is 0 Å². The molecule has 6 aromatic carbocycles. The molecule has 0 amide bonds. The van der Waals surface area contributed by atoms with Crippen LogP contribution < -0.4 is 4.90 Å². The van der Waals surface area contributed by atoms with Crippen molar-refractivity contribution in [2.75, 3.05) is 4.90 Å². The summed E-state index contributed by atoms with van der Waals surface area (Å²) in [5.41, 5.74) is 7.04. The van der Waals surface area contributed by atoms with Crippen molar-refractivity contribution in [3.8, 4) is 0 Å². The standard InChI is InChI=1S/C33H24N2/c1-22-10-16-32-30(18-22)31-21-29(15-17-33(31)34-32)35(27-13-11-23-6-2-4-8-25(23)19-27)28-14-12-24-7-3-5-9-26(24)20-28/h2-21,34H,1H3. The van der Waals surface area contributed by atoms with Gasteiger partial charge in [0.1, 0.15) is 0 Å². The first-order valence-electron chi connectivity index (χ1n) is 12.0. The smallest absolute Gasteiger partial charge is 0.0469 e. The summed E-state index contributed by atoms with van der Waals surface area (Å²) < 4.78 is 0. The van der Waals surface area contributed by atoms with Crippen LogP contribution in [-0.2, 0) is 0 Å². The third-order valence-electron chi connectivity index (χ3n) is 6.98. The molecular formula is C33H24N2. The van der Waals surface area contributed by atoms with Gasteiger partial charge in [0.05, 0.1) is 0 Å². The number of aromatic amines is 1. The van der Waals surface area contributed by atoms with E-state index < -0.39 is 0 Å². The predicted octanol–water partition coefficient (Wildman–Crippen LogP) is 9.41. The van der Waals surface area contributed by atoms with Gasteiger partial charge in [0.25, 0.3) is 0 Å². The molecule has 0 atom stereocenters. The Balaban J connectivity index is 1.48. The highest BCUT2D eigenvalue weighted by atomic mass is 15.1. The monoisotopic (exact) mass is 448 g/mol. The molecule has 1 heterocycles. The molecule has 7 rings (SSSR count). The van der Waals surface area contributed by atoms with Gasteiger partial charge in [-0.3, -0.25) is 0 Å². The van der Waals surface area contributed by atoms with Crippen LogP contribution in [0, 0.1) is 6.92 Å². The average molecular weight is 449 g/mol. The fraction of sp³-hybridized carbons (Fsp3) is 0.0303. The zero-order valence-corrected chi connectivity index (χ0v) is 19.5. The average Bonchev–Trinajstić information content (AvgIpc) is 3.26. The molecule has 0 aliphatic carbocycles. The van der Waals surface area contributed by atoms with Crippen LogP contribution in [0.4, 0.5) is 17.1 Å². The highest BCUT2D eigenvalue weighted by molar-refractivity contribution is 6.09. The van der Waals surface area contributed by atoms with Crippen molar-refractivity contribution < 1.29 is 0 Å². The van der Waals surface area contributed by atoms with Gasteiger partial charge in [-0.15, -0.1) is 0 Å². The first-order chi connectivity index (χ1) is 17.2. The number of benzene rings is 6. The molecule has 35 heavy (non-hydrogen) atoms. The Kier molecular flexibility index (Phi) is 4.40. The summed E-state index contributed by atoms with van der Waals surface area (Å²) >= 11 is 0. The minimum atomic E-state index is 1.14. The van der Waals surface area contributed by atoms with Gasteiger partial charge in [-0.1, -0.05) is 72.3 Å². The van der Waals surface area contributed by atoms with Crippen molar-refractivity contribution in [3.05, 3.63) is 127 Å². The SMILES string of the molecule is Cc1ccc2[nH]c3ccc(N(c4ccc5ccccc5c4)c4ccc5ccccc5c4)cc3c2c1. The molecule has 0 bridgehead atoms. The van der Waals surface area contributed by atoms with Gasteiger partial charge >= 0.3 is 0 Å². The molecule has 2 heteroatoms. The lowest BCUT2D eigenvalue weighted by Crippen LogP contribution is -2.09. The first kappa shape index (κ1) is 19.9. The van der Waals surface area contributed by atoms with Crippen molar-refractivity contribution in [1.29, 1.82) is 0 Å². The number of fused-ring (bicyclic) bond motifs is 5. The molecule has 0 aliphatic rings. The van der Waals surface area contributed by atoms with Crippen LogP contribution >= 0.6 is 0 Å². The number of hydrogen-bond donors (Lipinski definition) is 1. The lowest BCUT2D eigenvalue weighted by atomic mass is 10.1. The Hall–Kier alpha value is -4.56. The Morgan fingerprint density at radius 1 is 0.457 bits per heavy atom. The van der Waals surface area contributed by atoms with Crippen molar-refractivity contribution in [3.63, 3.8) is 0 Å². The second-order valence-corrected chi connectivity index (χ2v) is 9.30. The van der Waals surface area contributed by atoms with Crippen LogP contribution in [0.25, 0.3) is 43.4 Å². The largest absolute Gasteiger partial charge is 0.355 e. The number of anilines is 3. The Labute approximate surface area is 204 Å². The van der Waals surface area contributed by atoms with E-state index in [4.69, 9.17) is 0 Å².